The van der Waals surface area contributed by atoms with Crippen LogP contribution in [0.2, 0.25) is 0 Å². The maximum absolute atomic E-state index is 11.9. The number of thioether (sulfide) groups is 1. The average molecular weight is 309 g/mol. The molecule has 5 nitrogen and oxygen atoms in total. The van der Waals surface area contributed by atoms with Crippen molar-refractivity contribution in [2.24, 2.45) is 0 Å². The zero-order chi connectivity index (χ0) is 15.3. The van der Waals surface area contributed by atoms with Gasteiger partial charge in [0, 0.05) is 4.90 Å². The van der Waals surface area contributed by atoms with Crippen LogP contribution < -0.4 is 10.1 Å². The Bertz CT molecular complexity index is 511. The summed E-state index contributed by atoms with van der Waals surface area (Å²) in [5.74, 6) is -0.169. The molecule has 114 valence electrons. The summed E-state index contributed by atoms with van der Waals surface area (Å²) >= 11 is 1.38. The van der Waals surface area contributed by atoms with E-state index >= 15 is 0 Å². The van der Waals surface area contributed by atoms with Crippen LogP contribution in [0.5, 0.6) is 5.75 Å². The Labute approximate surface area is 128 Å². The Kier molecular flexibility index (Phi) is 5.12. The van der Waals surface area contributed by atoms with Gasteiger partial charge in [0.25, 0.3) is 0 Å². The number of carbonyl (C=O) groups excluding carboxylic acids is 1. The van der Waals surface area contributed by atoms with Crippen LogP contribution in [0.1, 0.15) is 26.2 Å². The third-order valence-corrected chi connectivity index (χ3v) is 4.51. The lowest BCUT2D eigenvalue weighted by Gasteiger charge is -2.38. The number of ether oxygens (including phenoxy) is 1. The normalized spacial score (nSPS) is 15.9. The SMILES string of the molecule is CCOc1ccc(SCC(=O)NC2(C(=O)O)CCC2)cc1. The van der Waals surface area contributed by atoms with Crippen LogP contribution in [0.25, 0.3) is 0 Å². The summed E-state index contributed by atoms with van der Waals surface area (Å²) < 4.78 is 5.35. The third kappa shape index (κ3) is 3.91. The number of rotatable bonds is 7. The predicted molar refractivity (Wildman–Crippen MR) is 80.7 cm³/mol. The number of hydrogen-bond acceptors (Lipinski definition) is 4. The van der Waals surface area contributed by atoms with E-state index in [1.54, 1.807) is 0 Å². The number of hydrogen-bond donors (Lipinski definition) is 2. The zero-order valence-corrected chi connectivity index (χ0v) is 12.7. The molecule has 0 saturated heterocycles. The molecule has 1 aromatic carbocycles. The third-order valence-electron chi connectivity index (χ3n) is 3.50. The molecule has 1 fully saturated rings. The lowest BCUT2D eigenvalue weighted by Crippen LogP contribution is -2.59. The largest absolute Gasteiger partial charge is 0.494 e. The summed E-state index contributed by atoms with van der Waals surface area (Å²) in [4.78, 5) is 24.0. The molecule has 6 heteroatoms. The van der Waals surface area contributed by atoms with Gasteiger partial charge in [0.15, 0.2) is 0 Å². The lowest BCUT2D eigenvalue weighted by molar-refractivity contribution is -0.151. The van der Waals surface area contributed by atoms with E-state index in [9.17, 15) is 9.59 Å². The van der Waals surface area contributed by atoms with Gasteiger partial charge in [-0.15, -0.1) is 11.8 Å². The van der Waals surface area contributed by atoms with Crippen LogP contribution in [0.15, 0.2) is 29.2 Å². The number of carboxylic acids is 1. The second kappa shape index (κ2) is 6.85. The molecule has 1 aliphatic carbocycles. The molecule has 1 aromatic rings. The van der Waals surface area contributed by atoms with E-state index in [0.717, 1.165) is 17.1 Å². The number of nitrogens with one attached hydrogen (secondary N) is 1. The molecule has 0 unspecified atom stereocenters. The van der Waals surface area contributed by atoms with Crippen molar-refractivity contribution >= 4 is 23.6 Å². The minimum atomic E-state index is -1.03. The number of carboxylic acid groups (broad SMARTS) is 1. The van der Waals surface area contributed by atoms with Crippen molar-refractivity contribution in [1.82, 2.24) is 5.32 Å². The van der Waals surface area contributed by atoms with Crippen LogP contribution in [-0.4, -0.2) is 34.9 Å². The second-order valence-corrected chi connectivity index (χ2v) is 6.03. The first-order valence-corrected chi connectivity index (χ1v) is 7.94. The first-order valence-electron chi connectivity index (χ1n) is 6.96. The fraction of sp³-hybridized carbons (Fsp3) is 0.467. The predicted octanol–water partition coefficient (Wildman–Crippen LogP) is 2.30. The van der Waals surface area contributed by atoms with Gasteiger partial charge in [0.1, 0.15) is 11.3 Å². The van der Waals surface area contributed by atoms with Crippen LogP contribution >= 0.6 is 11.8 Å². The number of amides is 1. The van der Waals surface area contributed by atoms with E-state index in [2.05, 4.69) is 5.32 Å². The van der Waals surface area contributed by atoms with Gasteiger partial charge >= 0.3 is 5.97 Å². The molecule has 0 aromatic heterocycles. The highest BCUT2D eigenvalue weighted by Gasteiger charge is 2.45. The molecule has 2 rings (SSSR count). The summed E-state index contributed by atoms with van der Waals surface area (Å²) in [7, 11) is 0. The molecule has 0 radical (unpaired) electrons. The second-order valence-electron chi connectivity index (χ2n) is 4.98. The van der Waals surface area contributed by atoms with E-state index in [1.807, 2.05) is 31.2 Å². The molecule has 0 bridgehead atoms. The maximum atomic E-state index is 11.9. The highest BCUT2D eigenvalue weighted by Crippen LogP contribution is 2.32. The standard InChI is InChI=1S/C15H19NO4S/c1-2-20-11-4-6-12(7-5-11)21-10-13(17)16-15(14(18)19)8-3-9-15/h4-7H,2-3,8-10H2,1H3,(H,16,17)(H,18,19). The topological polar surface area (TPSA) is 75.6 Å². The van der Waals surface area contributed by atoms with Gasteiger partial charge in [-0.2, -0.15) is 0 Å². The monoisotopic (exact) mass is 309 g/mol. The Balaban J connectivity index is 1.82. The molecular weight excluding hydrogens is 290 g/mol. The first-order chi connectivity index (χ1) is 10.1. The Morgan fingerprint density at radius 3 is 2.48 bits per heavy atom. The maximum Gasteiger partial charge on any atom is 0.329 e. The van der Waals surface area contributed by atoms with Crippen LogP contribution in [-0.2, 0) is 9.59 Å². The van der Waals surface area contributed by atoms with Crippen molar-refractivity contribution in [2.45, 2.75) is 36.6 Å². The number of benzene rings is 1. The van der Waals surface area contributed by atoms with Gasteiger partial charge in [-0.05, 0) is 50.5 Å². The molecule has 1 aliphatic rings. The van der Waals surface area contributed by atoms with Gasteiger partial charge in [-0.3, -0.25) is 4.79 Å². The molecule has 0 atom stereocenters. The lowest BCUT2D eigenvalue weighted by atomic mass is 9.77. The fourth-order valence-electron chi connectivity index (χ4n) is 2.17. The quantitative estimate of drug-likeness (QED) is 0.756. The van der Waals surface area contributed by atoms with E-state index in [-0.39, 0.29) is 11.7 Å². The molecule has 0 spiro atoms. The number of aliphatic carboxylic acids is 1. The van der Waals surface area contributed by atoms with E-state index in [1.165, 1.54) is 11.8 Å². The highest BCUT2D eigenvalue weighted by molar-refractivity contribution is 8.00. The Hall–Kier alpha value is -1.69. The van der Waals surface area contributed by atoms with Crippen molar-refractivity contribution < 1.29 is 19.4 Å². The molecule has 0 heterocycles. The van der Waals surface area contributed by atoms with E-state index in [0.29, 0.717) is 19.4 Å². The summed E-state index contributed by atoms with van der Waals surface area (Å²) in [5.41, 5.74) is -1.03. The van der Waals surface area contributed by atoms with Gasteiger partial charge in [-0.25, -0.2) is 4.79 Å². The zero-order valence-electron chi connectivity index (χ0n) is 11.9. The molecule has 21 heavy (non-hydrogen) atoms. The van der Waals surface area contributed by atoms with Gasteiger partial charge in [0.05, 0.1) is 12.4 Å². The van der Waals surface area contributed by atoms with Crippen LogP contribution in [0, 0.1) is 0 Å². The summed E-state index contributed by atoms with van der Waals surface area (Å²) in [6.45, 7) is 2.54. The molecule has 1 amide bonds. The van der Waals surface area contributed by atoms with Gasteiger partial charge in [-0.1, -0.05) is 0 Å². The van der Waals surface area contributed by atoms with Crippen molar-refractivity contribution in [3.63, 3.8) is 0 Å². The van der Waals surface area contributed by atoms with Crippen molar-refractivity contribution in [3.8, 4) is 5.75 Å². The smallest absolute Gasteiger partial charge is 0.329 e. The molecule has 1 saturated carbocycles. The Morgan fingerprint density at radius 1 is 1.33 bits per heavy atom. The minimum Gasteiger partial charge on any atom is -0.494 e. The van der Waals surface area contributed by atoms with Crippen molar-refractivity contribution in [2.75, 3.05) is 12.4 Å². The Morgan fingerprint density at radius 2 is 2.00 bits per heavy atom. The fourth-order valence-corrected chi connectivity index (χ4v) is 2.87. The van der Waals surface area contributed by atoms with Crippen molar-refractivity contribution in [3.05, 3.63) is 24.3 Å². The summed E-state index contributed by atoms with van der Waals surface area (Å²) in [6, 6.07) is 7.49. The van der Waals surface area contributed by atoms with E-state index < -0.39 is 11.5 Å². The average Bonchev–Trinajstić information content (AvgIpc) is 2.42. The number of carbonyl (C=O) groups is 2. The summed E-state index contributed by atoms with van der Waals surface area (Å²) in [6.07, 6.45) is 1.88. The summed E-state index contributed by atoms with van der Waals surface area (Å²) in [5, 5.41) is 11.8. The molecule has 2 N–H and O–H groups in total. The van der Waals surface area contributed by atoms with Crippen LogP contribution in [0.4, 0.5) is 0 Å². The highest BCUT2D eigenvalue weighted by atomic mass is 32.2. The first kappa shape index (κ1) is 15.7. The van der Waals surface area contributed by atoms with Crippen molar-refractivity contribution in [1.29, 1.82) is 0 Å². The van der Waals surface area contributed by atoms with Gasteiger partial charge < -0.3 is 15.2 Å². The molecular formula is C15H19NO4S. The van der Waals surface area contributed by atoms with E-state index in [4.69, 9.17) is 9.84 Å². The molecule has 0 aliphatic heterocycles. The van der Waals surface area contributed by atoms with Crippen LogP contribution in [0.3, 0.4) is 0 Å². The van der Waals surface area contributed by atoms with Gasteiger partial charge in [0.2, 0.25) is 5.91 Å². The minimum absolute atomic E-state index is 0.211.